The molecule has 3 rings (SSSR count). The number of anilines is 1. The first-order chi connectivity index (χ1) is 15.3. The molecule has 1 amide bonds. The van der Waals surface area contributed by atoms with E-state index in [0.29, 0.717) is 16.1 Å². The summed E-state index contributed by atoms with van der Waals surface area (Å²) in [6.07, 6.45) is 1.39. The van der Waals surface area contributed by atoms with Crippen LogP contribution in [0.5, 0.6) is 0 Å². The molecule has 0 aliphatic rings. The molecule has 0 saturated heterocycles. The Kier molecular flexibility index (Phi) is 7.24. The molecule has 0 bridgehead atoms. The Bertz CT molecular complexity index is 1260. The Morgan fingerprint density at radius 3 is 2.28 bits per heavy atom. The van der Waals surface area contributed by atoms with E-state index in [4.69, 9.17) is 11.6 Å². The monoisotopic (exact) mass is 471 g/mol. The third kappa shape index (κ3) is 5.71. The van der Waals surface area contributed by atoms with E-state index in [9.17, 15) is 18.0 Å². The SMILES string of the molecule is COC(=O)c1ccc(C=NNC(=O)c2ccccc2NS(=O)(=O)c2ccc(Cl)cc2)cc1. The van der Waals surface area contributed by atoms with E-state index in [-0.39, 0.29) is 16.1 Å². The second kappa shape index (κ2) is 10.1. The zero-order valence-electron chi connectivity index (χ0n) is 16.8. The van der Waals surface area contributed by atoms with Gasteiger partial charge in [-0.15, -0.1) is 0 Å². The first-order valence-corrected chi connectivity index (χ1v) is 11.1. The van der Waals surface area contributed by atoms with E-state index in [1.165, 1.54) is 49.7 Å². The predicted molar refractivity (Wildman–Crippen MR) is 122 cm³/mol. The van der Waals surface area contributed by atoms with Gasteiger partial charge in [-0.25, -0.2) is 18.6 Å². The van der Waals surface area contributed by atoms with Crippen LogP contribution >= 0.6 is 11.6 Å². The summed E-state index contributed by atoms with van der Waals surface area (Å²) in [6, 6.07) is 18.2. The molecule has 0 saturated carbocycles. The largest absolute Gasteiger partial charge is 0.465 e. The molecule has 10 heteroatoms. The Balaban J connectivity index is 1.72. The maximum atomic E-state index is 12.6. The van der Waals surface area contributed by atoms with Crippen molar-refractivity contribution >= 4 is 45.4 Å². The van der Waals surface area contributed by atoms with Gasteiger partial charge in [-0.1, -0.05) is 35.9 Å². The highest BCUT2D eigenvalue weighted by molar-refractivity contribution is 7.92. The zero-order chi connectivity index (χ0) is 23.1. The lowest BCUT2D eigenvalue weighted by Crippen LogP contribution is -2.21. The van der Waals surface area contributed by atoms with Crippen LogP contribution in [0.4, 0.5) is 5.69 Å². The molecule has 3 aromatic rings. The number of carbonyl (C=O) groups is 2. The van der Waals surface area contributed by atoms with Gasteiger partial charge in [-0.3, -0.25) is 9.52 Å². The number of benzene rings is 3. The average molecular weight is 472 g/mol. The summed E-state index contributed by atoms with van der Waals surface area (Å²) in [5.74, 6) is -1.07. The predicted octanol–water partition coefficient (Wildman–Crippen LogP) is 3.69. The molecule has 164 valence electrons. The molecule has 0 unspecified atom stereocenters. The highest BCUT2D eigenvalue weighted by atomic mass is 35.5. The Hall–Kier alpha value is -3.69. The first kappa shape index (κ1) is 23.0. The number of carbonyl (C=O) groups excluding carboxylic acids is 2. The minimum atomic E-state index is -3.93. The van der Waals surface area contributed by atoms with Crippen LogP contribution in [0, 0.1) is 0 Å². The van der Waals surface area contributed by atoms with Crippen molar-refractivity contribution in [3.05, 3.63) is 94.5 Å². The maximum Gasteiger partial charge on any atom is 0.337 e. The molecule has 0 aliphatic carbocycles. The minimum absolute atomic E-state index is 0.00512. The molecule has 0 atom stereocenters. The first-order valence-electron chi connectivity index (χ1n) is 9.19. The van der Waals surface area contributed by atoms with Crippen molar-refractivity contribution in [1.29, 1.82) is 0 Å². The van der Waals surface area contributed by atoms with Gasteiger partial charge in [0.25, 0.3) is 15.9 Å². The summed E-state index contributed by atoms with van der Waals surface area (Å²) < 4.78 is 32.3. The number of esters is 1. The van der Waals surface area contributed by atoms with E-state index in [1.54, 1.807) is 36.4 Å². The van der Waals surface area contributed by atoms with Gasteiger partial charge in [0.05, 0.1) is 35.0 Å². The van der Waals surface area contributed by atoms with Crippen LogP contribution in [0.1, 0.15) is 26.3 Å². The number of nitrogens with zero attached hydrogens (tertiary/aromatic N) is 1. The van der Waals surface area contributed by atoms with Crippen LogP contribution in [0.15, 0.2) is 82.8 Å². The zero-order valence-corrected chi connectivity index (χ0v) is 18.4. The number of sulfonamides is 1. The number of hydrogen-bond acceptors (Lipinski definition) is 6. The molecule has 0 heterocycles. The normalized spacial score (nSPS) is 11.2. The number of ether oxygens (including phenoxy) is 1. The van der Waals surface area contributed by atoms with Crippen LogP contribution in [-0.2, 0) is 14.8 Å². The lowest BCUT2D eigenvalue weighted by atomic mass is 10.1. The second-order valence-electron chi connectivity index (χ2n) is 6.42. The van der Waals surface area contributed by atoms with Crippen LogP contribution in [0.25, 0.3) is 0 Å². The second-order valence-corrected chi connectivity index (χ2v) is 8.54. The van der Waals surface area contributed by atoms with Crippen molar-refractivity contribution in [3.63, 3.8) is 0 Å². The molecule has 2 N–H and O–H groups in total. The summed E-state index contributed by atoms with van der Waals surface area (Å²) in [7, 11) is -2.64. The van der Waals surface area contributed by atoms with Crippen molar-refractivity contribution < 1.29 is 22.7 Å². The van der Waals surface area contributed by atoms with E-state index < -0.39 is 21.9 Å². The number of amides is 1. The van der Waals surface area contributed by atoms with E-state index in [2.05, 4.69) is 20.0 Å². The molecule has 0 radical (unpaired) electrons. The van der Waals surface area contributed by atoms with Gasteiger partial charge in [-0.2, -0.15) is 5.10 Å². The summed E-state index contributed by atoms with van der Waals surface area (Å²) in [5.41, 5.74) is 3.56. The number of rotatable bonds is 7. The number of hydrazone groups is 1. The molecule has 0 aromatic heterocycles. The van der Waals surface area contributed by atoms with Crippen molar-refractivity contribution in [2.45, 2.75) is 4.90 Å². The average Bonchev–Trinajstić information content (AvgIpc) is 2.79. The van der Waals surface area contributed by atoms with Gasteiger partial charge in [0.1, 0.15) is 0 Å². The summed E-state index contributed by atoms with van der Waals surface area (Å²) in [4.78, 5) is 24.0. The van der Waals surface area contributed by atoms with Crippen molar-refractivity contribution in [1.82, 2.24) is 5.43 Å². The van der Waals surface area contributed by atoms with Gasteiger partial charge in [-0.05, 0) is 54.1 Å². The van der Waals surface area contributed by atoms with Crippen LogP contribution in [0.2, 0.25) is 5.02 Å². The van der Waals surface area contributed by atoms with Crippen LogP contribution in [0.3, 0.4) is 0 Å². The van der Waals surface area contributed by atoms with Gasteiger partial charge >= 0.3 is 5.97 Å². The minimum Gasteiger partial charge on any atom is -0.465 e. The fourth-order valence-corrected chi connectivity index (χ4v) is 3.84. The third-order valence-corrected chi connectivity index (χ3v) is 5.88. The fourth-order valence-electron chi connectivity index (χ4n) is 2.64. The van der Waals surface area contributed by atoms with Crippen LogP contribution < -0.4 is 10.1 Å². The standard InChI is InChI=1S/C22H18ClN3O5S/c1-31-22(28)16-8-6-15(7-9-16)14-24-25-21(27)19-4-2-3-5-20(19)26-32(29,30)18-12-10-17(23)11-13-18/h2-14,26H,1H3,(H,25,27). The summed E-state index contributed by atoms with van der Waals surface area (Å²) >= 11 is 5.81. The molecule has 0 fully saturated rings. The molecular weight excluding hydrogens is 454 g/mol. The molecule has 8 nitrogen and oxygen atoms in total. The number of hydrogen-bond donors (Lipinski definition) is 2. The van der Waals surface area contributed by atoms with Gasteiger partial charge in [0, 0.05) is 5.02 Å². The Morgan fingerprint density at radius 2 is 1.62 bits per heavy atom. The smallest absolute Gasteiger partial charge is 0.337 e. The topological polar surface area (TPSA) is 114 Å². The fraction of sp³-hybridized carbons (Fsp3) is 0.0455. The molecule has 32 heavy (non-hydrogen) atoms. The van der Waals surface area contributed by atoms with Crippen molar-refractivity contribution in [2.75, 3.05) is 11.8 Å². The van der Waals surface area contributed by atoms with Crippen LogP contribution in [-0.4, -0.2) is 33.6 Å². The highest BCUT2D eigenvalue weighted by Crippen LogP contribution is 2.21. The Labute approximate surface area is 189 Å². The lowest BCUT2D eigenvalue weighted by Gasteiger charge is -2.11. The number of halogens is 1. The van der Waals surface area contributed by atoms with Gasteiger partial charge in [0.2, 0.25) is 0 Å². The summed E-state index contributed by atoms with van der Waals surface area (Å²) in [5, 5.41) is 4.29. The van der Waals surface area contributed by atoms with E-state index >= 15 is 0 Å². The highest BCUT2D eigenvalue weighted by Gasteiger charge is 2.18. The van der Waals surface area contributed by atoms with Gasteiger partial charge in [0.15, 0.2) is 0 Å². The van der Waals surface area contributed by atoms with Crippen molar-refractivity contribution in [2.24, 2.45) is 5.10 Å². The van der Waals surface area contributed by atoms with Gasteiger partial charge < -0.3 is 4.74 Å². The van der Waals surface area contributed by atoms with E-state index in [1.807, 2.05) is 0 Å². The number of methoxy groups -OCH3 is 1. The summed E-state index contributed by atoms with van der Waals surface area (Å²) in [6.45, 7) is 0. The van der Waals surface area contributed by atoms with Crippen molar-refractivity contribution in [3.8, 4) is 0 Å². The Morgan fingerprint density at radius 1 is 0.969 bits per heavy atom. The molecule has 0 aliphatic heterocycles. The molecular formula is C22H18ClN3O5S. The van der Waals surface area contributed by atoms with E-state index in [0.717, 1.165) is 0 Å². The maximum absolute atomic E-state index is 12.6. The lowest BCUT2D eigenvalue weighted by molar-refractivity contribution is 0.0600. The quantitative estimate of drug-likeness (QED) is 0.310. The number of nitrogens with one attached hydrogen (secondary N) is 2. The molecule has 0 spiro atoms. The number of para-hydroxylation sites is 1. The third-order valence-electron chi connectivity index (χ3n) is 4.25. The molecule has 3 aromatic carbocycles.